The van der Waals surface area contributed by atoms with E-state index in [-0.39, 0.29) is 11.9 Å². The number of aliphatic hydroxyl groups excluding tert-OH is 1. The summed E-state index contributed by atoms with van der Waals surface area (Å²) in [4.78, 5) is 0. The number of aliphatic hydroxyl groups is 1. The fourth-order valence-electron chi connectivity index (χ4n) is 1.99. The molecule has 0 heterocycles. The van der Waals surface area contributed by atoms with Crippen LogP contribution < -0.4 is 4.74 Å². The van der Waals surface area contributed by atoms with Crippen LogP contribution in [-0.2, 0) is 0 Å². The van der Waals surface area contributed by atoms with E-state index in [9.17, 15) is 13.9 Å². The van der Waals surface area contributed by atoms with E-state index in [4.69, 9.17) is 4.74 Å². The maximum Gasteiger partial charge on any atom is 0.129 e. The van der Waals surface area contributed by atoms with E-state index in [0.29, 0.717) is 6.42 Å². The summed E-state index contributed by atoms with van der Waals surface area (Å²) in [7, 11) is 0. The minimum absolute atomic E-state index is 0.142. The number of hydrogen-bond donors (Lipinski definition) is 1. The van der Waals surface area contributed by atoms with Crippen molar-refractivity contribution in [3.63, 3.8) is 0 Å². The Morgan fingerprint density at radius 3 is 2.31 bits per heavy atom. The third-order valence-corrected chi connectivity index (χ3v) is 2.79. The van der Waals surface area contributed by atoms with Gasteiger partial charge in [0.05, 0.1) is 6.10 Å². The number of hydrogen-bond acceptors (Lipinski definition) is 2. The molecule has 1 saturated carbocycles. The summed E-state index contributed by atoms with van der Waals surface area (Å²) in [5.41, 5.74) is 0. The molecule has 0 amide bonds. The van der Waals surface area contributed by atoms with Crippen LogP contribution in [0.3, 0.4) is 0 Å². The highest BCUT2D eigenvalue weighted by Gasteiger charge is 2.24. The minimum atomic E-state index is -0.666. The standard InChI is InChI=1S/C12H14F2O2/c13-8-5-9(14)7-10(6-8)16-12-4-2-1-3-11(12)15/h5-7,11-12,15H,1-4H2/t11-,12-/m0/s1. The van der Waals surface area contributed by atoms with Crippen molar-refractivity contribution in [3.05, 3.63) is 29.8 Å². The molecule has 1 aromatic carbocycles. The Balaban J connectivity index is 2.07. The highest BCUT2D eigenvalue weighted by Crippen LogP contribution is 2.24. The van der Waals surface area contributed by atoms with Gasteiger partial charge in [-0.15, -0.1) is 0 Å². The van der Waals surface area contributed by atoms with E-state index < -0.39 is 17.7 Å². The van der Waals surface area contributed by atoms with Crippen LogP contribution in [-0.4, -0.2) is 17.3 Å². The molecule has 4 heteroatoms. The SMILES string of the molecule is O[C@H]1CCCC[C@@H]1Oc1cc(F)cc(F)c1. The first kappa shape index (κ1) is 11.3. The molecule has 2 rings (SSSR count). The van der Waals surface area contributed by atoms with Gasteiger partial charge in [-0.2, -0.15) is 0 Å². The zero-order chi connectivity index (χ0) is 11.5. The molecular formula is C12H14F2O2. The van der Waals surface area contributed by atoms with E-state index in [1.165, 1.54) is 0 Å². The summed E-state index contributed by atoms with van der Waals surface area (Å²) in [6.07, 6.45) is 2.45. The lowest BCUT2D eigenvalue weighted by Gasteiger charge is -2.28. The van der Waals surface area contributed by atoms with Gasteiger partial charge in [0.25, 0.3) is 0 Å². The van der Waals surface area contributed by atoms with Gasteiger partial charge in [0, 0.05) is 18.2 Å². The van der Waals surface area contributed by atoms with Crippen LogP contribution in [0.25, 0.3) is 0 Å². The first-order chi connectivity index (χ1) is 7.65. The molecule has 1 aliphatic rings. The second-order valence-electron chi connectivity index (χ2n) is 4.11. The average Bonchev–Trinajstić information content (AvgIpc) is 2.20. The van der Waals surface area contributed by atoms with Crippen molar-refractivity contribution >= 4 is 0 Å². The lowest BCUT2D eigenvalue weighted by Crippen LogP contribution is -2.34. The molecule has 16 heavy (non-hydrogen) atoms. The smallest absolute Gasteiger partial charge is 0.129 e. The summed E-state index contributed by atoms with van der Waals surface area (Å²) < 4.78 is 31.2. The van der Waals surface area contributed by atoms with Crippen LogP contribution in [0.4, 0.5) is 8.78 Å². The second kappa shape index (κ2) is 4.78. The largest absolute Gasteiger partial charge is 0.488 e. The molecule has 0 aromatic heterocycles. The van der Waals surface area contributed by atoms with Crippen molar-refractivity contribution < 1.29 is 18.6 Å². The first-order valence-corrected chi connectivity index (χ1v) is 5.46. The van der Waals surface area contributed by atoms with Crippen molar-refractivity contribution in [2.75, 3.05) is 0 Å². The molecule has 88 valence electrons. The summed E-state index contributed by atoms with van der Waals surface area (Å²) in [5, 5.41) is 9.66. The fraction of sp³-hybridized carbons (Fsp3) is 0.500. The number of halogens is 2. The number of benzene rings is 1. The Morgan fingerprint density at radius 1 is 1.06 bits per heavy atom. The molecule has 0 radical (unpaired) electrons. The Morgan fingerprint density at radius 2 is 1.69 bits per heavy atom. The monoisotopic (exact) mass is 228 g/mol. The lowest BCUT2D eigenvalue weighted by molar-refractivity contribution is 0.00657. The molecule has 2 atom stereocenters. The Bertz CT molecular complexity index is 348. The van der Waals surface area contributed by atoms with E-state index in [1.807, 2.05) is 0 Å². The van der Waals surface area contributed by atoms with Crippen LogP contribution in [0.2, 0.25) is 0 Å². The van der Waals surface area contributed by atoms with E-state index in [2.05, 4.69) is 0 Å². The normalized spacial score (nSPS) is 25.4. The summed E-state index contributed by atoms with van der Waals surface area (Å²) >= 11 is 0. The average molecular weight is 228 g/mol. The highest BCUT2D eigenvalue weighted by atomic mass is 19.1. The van der Waals surface area contributed by atoms with Crippen LogP contribution in [0.1, 0.15) is 25.7 Å². The lowest BCUT2D eigenvalue weighted by atomic mass is 9.95. The summed E-state index contributed by atoms with van der Waals surface area (Å²) in [6.45, 7) is 0. The van der Waals surface area contributed by atoms with Gasteiger partial charge in [-0.3, -0.25) is 0 Å². The van der Waals surface area contributed by atoms with Gasteiger partial charge >= 0.3 is 0 Å². The van der Waals surface area contributed by atoms with Gasteiger partial charge in [-0.05, 0) is 19.3 Å². The highest BCUT2D eigenvalue weighted by molar-refractivity contribution is 5.24. The molecule has 0 unspecified atom stereocenters. The van der Waals surface area contributed by atoms with Gasteiger partial charge in [-0.25, -0.2) is 8.78 Å². The Labute approximate surface area is 92.9 Å². The van der Waals surface area contributed by atoms with E-state index in [0.717, 1.165) is 37.5 Å². The molecule has 2 nitrogen and oxygen atoms in total. The van der Waals surface area contributed by atoms with Crippen LogP contribution in [0, 0.1) is 11.6 Å². The van der Waals surface area contributed by atoms with Gasteiger partial charge < -0.3 is 9.84 Å². The molecule has 0 spiro atoms. The topological polar surface area (TPSA) is 29.5 Å². The van der Waals surface area contributed by atoms with Gasteiger partial charge in [-0.1, -0.05) is 6.42 Å². The van der Waals surface area contributed by atoms with Crippen LogP contribution in [0.15, 0.2) is 18.2 Å². The summed E-state index contributed by atoms with van der Waals surface area (Å²) in [6, 6.07) is 3.05. The molecule has 1 aliphatic carbocycles. The predicted octanol–water partition coefficient (Wildman–Crippen LogP) is 2.65. The minimum Gasteiger partial charge on any atom is -0.488 e. The van der Waals surface area contributed by atoms with Crippen molar-refractivity contribution in [1.82, 2.24) is 0 Å². The molecule has 0 saturated heterocycles. The maximum atomic E-state index is 12.9. The van der Waals surface area contributed by atoms with E-state index in [1.54, 1.807) is 0 Å². The predicted molar refractivity (Wildman–Crippen MR) is 55.2 cm³/mol. The molecule has 0 aliphatic heterocycles. The number of ether oxygens (including phenoxy) is 1. The fourth-order valence-corrected chi connectivity index (χ4v) is 1.99. The third-order valence-electron chi connectivity index (χ3n) is 2.79. The zero-order valence-electron chi connectivity index (χ0n) is 8.83. The summed E-state index contributed by atoms with van der Waals surface area (Å²) in [5.74, 6) is -1.19. The van der Waals surface area contributed by atoms with Gasteiger partial charge in [0.1, 0.15) is 23.5 Å². The first-order valence-electron chi connectivity index (χ1n) is 5.46. The van der Waals surface area contributed by atoms with Crippen LogP contribution in [0.5, 0.6) is 5.75 Å². The van der Waals surface area contributed by atoms with Crippen molar-refractivity contribution in [3.8, 4) is 5.75 Å². The van der Waals surface area contributed by atoms with Gasteiger partial charge in [0.2, 0.25) is 0 Å². The Kier molecular flexibility index (Phi) is 3.39. The third kappa shape index (κ3) is 2.70. The molecule has 1 aromatic rings. The zero-order valence-corrected chi connectivity index (χ0v) is 8.83. The van der Waals surface area contributed by atoms with Crippen molar-refractivity contribution in [2.45, 2.75) is 37.9 Å². The van der Waals surface area contributed by atoms with Crippen molar-refractivity contribution in [1.29, 1.82) is 0 Å². The van der Waals surface area contributed by atoms with Crippen molar-refractivity contribution in [2.24, 2.45) is 0 Å². The molecule has 1 N–H and O–H groups in total. The van der Waals surface area contributed by atoms with E-state index >= 15 is 0 Å². The maximum absolute atomic E-state index is 12.9. The number of rotatable bonds is 2. The molecule has 1 fully saturated rings. The molecule has 0 bridgehead atoms. The quantitative estimate of drug-likeness (QED) is 0.843. The van der Waals surface area contributed by atoms with Crippen LogP contribution >= 0.6 is 0 Å². The molecular weight excluding hydrogens is 214 g/mol. The van der Waals surface area contributed by atoms with Gasteiger partial charge in [0.15, 0.2) is 0 Å². The second-order valence-corrected chi connectivity index (χ2v) is 4.11. The Hall–Kier alpha value is -1.16.